The van der Waals surface area contributed by atoms with Crippen LogP contribution in [0.5, 0.6) is 0 Å². The van der Waals surface area contributed by atoms with Crippen molar-refractivity contribution in [3.8, 4) is 0 Å². The maximum absolute atomic E-state index is 13.1. The summed E-state index contributed by atoms with van der Waals surface area (Å²) in [4.78, 5) is 20.9. The quantitative estimate of drug-likeness (QED) is 0.500. The predicted octanol–water partition coefficient (Wildman–Crippen LogP) is 5.34. The number of carbonyl (C=O) groups excluding carboxylic acids is 1. The number of anilines is 1. The van der Waals surface area contributed by atoms with Crippen molar-refractivity contribution in [2.45, 2.75) is 45.9 Å². The molecular formula is C25H30FN3O2S. The molecule has 1 fully saturated rings. The number of aromatic nitrogens is 2. The van der Waals surface area contributed by atoms with Crippen LogP contribution in [0.25, 0.3) is 16.3 Å². The third-order valence-corrected chi connectivity index (χ3v) is 6.07. The van der Waals surface area contributed by atoms with Gasteiger partial charge in [-0.3, -0.25) is 9.78 Å². The van der Waals surface area contributed by atoms with Crippen molar-refractivity contribution in [1.29, 1.82) is 0 Å². The van der Waals surface area contributed by atoms with Gasteiger partial charge in [0.05, 0.1) is 17.7 Å². The predicted molar refractivity (Wildman–Crippen MR) is 131 cm³/mol. The number of hydrogen-bond donors (Lipinski definition) is 2. The topological polar surface area (TPSA) is 75.1 Å². The first-order chi connectivity index (χ1) is 15.4. The van der Waals surface area contributed by atoms with Crippen LogP contribution in [-0.4, -0.2) is 45.3 Å². The van der Waals surface area contributed by atoms with Gasteiger partial charge in [-0.1, -0.05) is 25.2 Å². The van der Waals surface area contributed by atoms with Crippen LogP contribution < -0.4 is 5.32 Å². The molecule has 3 rings (SSSR count). The lowest BCUT2D eigenvalue weighted by molar-refractivity contribution is -0.117. The standard InChI is InChI=1S/C25H30FN3O2S/c1-5-7-16(23(30)14-32-4)8-15(3)19(6-2)22-9-17-13-28-24(10-18(17)12-27-22)29-25(31)20-11-21(20)26/h6-10,12-13,20-21,23,30H,5,11,14H2,1-4H3,(H,28,29,31)/b15-8-,16-7-,19-6+. The number of amides is 1. The van der Waals surface area contributed by atoms with Crippen LogP contribution in [0.15, 0.2) is 53.9 Å². The maximum Gasteiger partial charge on any atom is 0.231 e. The van der Waals surface area contributed by atoms with E-state index in [4.69, 9.17) is 0 Å². The molecular weight excluding hydrogens is 425 g/mol. The Bertz CT molecular complexity index is 1080. The molecule has 1 aliphatic carbocycles. The largest absolute Gasteiger partial charge is 0.388 e. The molecule has 170 valence electrons. The van der Waals surface area contributed by atoms with Crippen molar-refractivity contribution in [1.82, 2.24) is 9.97 Å². The Kier molecular flexibility index (Phi) is 8.21. The van der Waals surface area contributed by atoms with E-state index in [1.54, 1.807) is 30.2 Å². The summed E-state index contributed by atoms with van der Waals surface area (Å²) in [6.07, 6.45) is 11.1. The molecule has 2 N–H and O–H groups in total. The van der Waals surface area contributed by atoms with Crippen LogP contribution in [0.4, 0.5) is 10.2 Å². The minimum Gasteiger partial charge on any atom is -0.388 e. The fourth-order valence-corrected chi connectivity index (χ4v) is 4.10. The molecule has 3 unspecified atom stereocenters. The SMILES string of the molecule is C\C=C(/C(C)=C\C(=C\CC)C(O)CSC)c1cc2cnc(NC(=O)C3CC3F)cc2cn1. The normalized spacial score (nSPS) is 20.4. The number of aliphatic hydroxyl groups is 1. The molecule has 5 nitrogen and oxygen atoms in total. The van der Waals surface area contributed by atoms with Crippen molar-refractivity contribution in [3.63, 3.8) is 0 Å². The van der Waals surface area contributed by atoms with Crippen LogP contribution >= 0.6 is 11.8 Å². The Morgan fingerprint density at radius 3 is 2.66 bits per heavy atom. The molecule has 2 aromatic rings. The summed E-state index contributed by atoms with van der Waals surface area (Å²) >= 11 is 1.61. The van der Waals surface area contributed by atoms with Gasteiger partial charge in [-0.25, -0.2) is 9.37 Å². The molecule has 2 aromatic heterocycles. The third kappa shape index (κ3) is 5.84. The number of thioether (sulfide) groups is 1. The van der Waals surface area contributed by atoms with Gasteiger partial charge < -0.3 is 10.4 Å². The van der Waals surface area contributed by atoms with Gasteiger partial charge in [-0.15, -0.1) is 0 Å². The fraction of sp³-hybridized carbons (Fsp3) is 0.400. The minimum atomic E-state index is -1.04. The first-order valence-electron chi connectivity index (χ1n) is 10.8. The van der Waals surface area contributed by atoms with E-state index in [1.165, 1.54) is 0 Å². The number of carbonyl (C=O) groups is 1. The molecule has 1 saturated carbocycles. The average Bonchev–Trinajstić information content (AvgIpc) is 3.51. The molecule has 32 heavy (non-hydrogen) atoms. The van der Waals surface area contributed by atoms with Gasteiger partial charge in [-0.2, -0.15) is 11.8 Å². The first kappa shape index (κ1) is 24.1. The second-order valence-electron chi connectivity index (χ2n) is 7.95. The van der Waals surface area contributed by atoms with E-state index in [0.717, 1.165) is 39.6 Å². The Balaban J connectivity index is 1.84. The minimum absolute atomic E-state index is 0.285. The molecule has 0 bridgehead atoms. The number of hydrogen-bond acceptors (Lipinski definition) is 5. The summed E-state index contributed by atoms with van der Waals surface area (Å²) in [7, 11) is 0. The molecule has 0 aliphatic heterocycles. The molecule has 0 aromatic carbocycles. The van der Waals surface area contributed by atoms with E-state index >= 15 is 0 Å². The van der Waals surface area contributed by atoms with Gasteiger partial charge in [0.15, 0.2) is 0 Å². The van der Waals surface area contributed by atoms with Crippen molar-refractivity contribution >= 4 is 39.8 Å². The number of pyridine rings is 2. The van der Waals surface area contributed by atoms with Gasteiger partial charge in [0.2, 0.25) is 5.91 Å². The zero-order valence-electron chi connectivity index (χ0n) is 18.9. The van der Waals surface area contributed by atoms with Crippen LogP contribution in [0.1, 0.15) is 39.3 Å². The Morgan fingerprint density at radius 2 is 2.03 bits per heavy atom. The zero-order valence-corrected chi connectivity index (χ0v) is 19.7. The summed E-state index contributed by atoms with van der Waals surface area (Å²) < 4.78 is 13.1. The molecule has 3 atom stereocenters. The van der Waals surface area contributed by atoms with Gasteiger partial charge in [-0.05, 0) is 61.8 Å². The summed E-state index contributed by atoms with van der Waals surface area (Å²) in [6.45, 7) is 6.04. The fourth-order valence-electron chi connectivity index (χ4n) is 3.59. The van der Waals surface area contributed by atoms with Gasteiger partial charge in [0, 0.05) is 28.9 Å². The maximum atomic E-state index is 13.1. The number of allylic oxidation sites excluding steroid dienone is 4. The number of nitrogens with zero attached hydrogens (tertiary/aromatic N) is 2. The number of rotatable bonds is 9. The first-order valence-corrected chi connectivity index (χ1v) is 12.2. The monoisotopic (exact) mass is 455 g/mol. The highest BCUT2D eigenvalue weighted by molar-refractivity contribution is 7.98. The van der Waals surface area contributed by atoms with Crippen LogP contribution in [0.2, 0.25) is 0 Å². The van der Waals surface area contributed by atoms with Crippen LogP contribution in [0, 0.1) is 5.92 Å². The van der Waals surface area contributed by atoms with E-state index in [2.05, 4.69) is 28.3 Å². The molecule has 2 heterocycles. The molecule has 0 saturated heterocycles. The number of aliphatic hydroxyl groups excluding tert-OH is 1. The lowest BCUT2D eigenvalue weighted by Gasteiger charge is -2.14. The van der Waals surface area contributed by atoms with Crippen molar-refractivity contribution < 1.29 is 14.3 Å². The molecule has 1 amide bonds. The Labute approximate surface area is 192 Å². The van der Waals surface area contributed by atoms with E-state index in [9.17, 15) is 14.3 Å². The van der Waals surface area contributed by atoms with Gasteiger partial charge in [0.1, 0.15) is 12.0 Å². The summed E-state index contributed by atoms with van der Waals surface area (Å²) in [5.74, 6) is 0.161. The molecule has 1 aliphatic rings. The zero-order chi connectivity index (χ0) is 23.3. The van der Waals surface area contributed by atoms with E-state index in [1.807, 2.05) is 38.3 Å². The van der Waals surface area contributed by atoms with Crippen molar-refractivity contribution in [2.75, 3.05) is 17.3 Å². The number of halogens is 1. The molecule has 7 heteroatoms. The summed E-state index contributed by atoms with van der Waals surface area (Å²) in [5, 5.41) is 14.9. The highest BCUT2D eigenvalue weighted by Gasteiger charge is 2.43. The number of alkyl halides is 1. The van der Waals surface area contributed by atoms with Crippen LogP contribution in [0.3, 0.4) is 0 Å². The van der Waals surface area contributed by atoms with Crippen molar-refractivity contribution in [2.24, 2.45) is 5.92 Å². The summed E-state index contributed by atoms with van der Waals surface area (Å²) in [5.41, 5.74) is 3.71. The van der Waals surface area contributed by atoms with Crippen molar-refractivity contribution in [3.05, 3.63) is 59.6 Å². The Hall–Kier alpha value is -2.51. The van der Waals surface area contributed by atoms with Gasteiger partial charge >= 0.3 is 0 Å². The van der Waals surface area contributed by atoms with E-state index in [-0.39, 0.29) is 12.3 Å². The average molecular weight is 456 g/mol. The highest BCUT2D eigenvalue weighted by atomic mass is 32.2. The van der Waals surface area contributed by atoms with Gasteiger partial charge in [0.25, 0.3) is 0 Å². The Morgan fingerprint density at radius 1 is 1.34 bits per heavy atom. The smallest absolute Gasteiger partial charge is 0.231 e. The van der Waals surface area contributed by atoms with Crippen LogP contribution in [-0.2, 0) is 4.79 Å². The highest BCUT2D eigenvalue weighted by Crippen LogP contribution is 2.34. The summed E-state index contributed by atoms with van der Waals surface area (Å²) in [6, 6.07) is 3.71. The van der Waals surface area contributed by atoms with E-state index in [0.29, 0.717) is 11.6 Å². The second-order valence-corrected chi connectivity index (χ2v) is 8.86. The number of nitrogens with one attached hydrogen (secondary N) is 1. The second kappa shape index (κ2) is 10.9. The van der Waals surface area contributed by atoms with E-state index < -0.39 is 18.2 Å². The lowest BCUT2D eigenvalue weighted by atomic mass is 9.98. The number of fused-ring (bicyclic) bond motifs is 1. The lowest BCUT2D eigenvalue weighted by Crippen LogP contribution is -2.15. The molecule has 0 radical (unpaired) electrons. The molecule has 0 spiro atoms. The third-order valence-electron chi connectivity index (χ3n) is 5.43.